The summed E-state index contributed by atoms with van der Waals surface area (Å²) in [4.78, 5) is 36.9. The Labute approximate surface area is 427 Å². The van der Waals surface area contributed by atoms with E-state index in [9.17, 15) is 31.2 Å². The molecular weight excluding hydrogens is 1010 g/mol. The van der Waals surface area contributed by atoms with Crippen molar-refractivity contribution in [3.63, 3.8) is 0 Å². The van der Waals surface area contributed by atoms with E-state index < -0.39 is 50.1 Å². The Morgan fingerprint density at radius 3 is 1.76 bits per heavy atom. The Morgan fingerprint density at radius 1 is 0.732 bits per heavy atom. The third-order valence-corrected chi connectivity index (χ3v) is 16.7. The summed E-state index contributed by atoms with van der Waals surface area (Å²) in [5, 5.41) is 0.763. The molecule has 0 atom stereocenters. The zero-order valence-electron chi connectivity index (χ0n) is 43.2. The van der Waals surface area contributed by atoms with E-state index in [1.807, 2.05) is 86.6 Å². The van der Waals surface area contributed by atoms with Gasteiger partial charge in [-0.2, -0.15) is 0 Å². The third kappa shape index (κ3) is 12.6. The molecule has 1 fully saturated rings. The van der Waals surface area contributed by atoms with Crippen LogP contribution in [0.5, 0.6) is 0 Å². The molecule has 1 saturated heterocycles. The number of allylic oxidation sites excluding steroid dienone is 1. The Morgan fingerprint density at radius 2 is 1.24 bits per heavy atom. The number of sulfonamides is 2. The van der Waals surface area contributed by atoms with Crippen LogP contribution >= 0.6 is 15.9 Å². The SMILES string of the molecule is CCOC(=O)c1ccc2c(c1)C(c1cccc(S(=O)(=O)N(C)C)c1)=C(C)C2.CCOC(=O)c1ccc2c(c1)c(Br)c(C)n2C(=O)OC(C)(C)C.CN(C)S(=O)(=O)c1cccc(B2OC(C)(C)C(C)(C)O2)c1. The maximum Gasteiger partial charge on any atom is 0.494 e. The molecule has 0 amide bonds. The first-order valence-electron chi connectivity index (χ1n) is 23.0. The fourth-order valence-electron chi connectivity index (χ4n) is 7.61. The number of hydrogen-bond donors (Lipinski definition) is 0. The number of halogens is 1. The summed E-state index contributed by atoms with van der Waals surface area (Å²) < 4.78 is 81.5. The Kier molecular flexibility index (Phi) is 17.5. The second kappa shape index (κ2) is 21.9. The Bertz CT molecular complexity index is 3080. The molecule has 0 spiro atoms. The van der Waals surface area contributed by atoms with Crippen LogP contribution in [0.2, 0.25) is 0 Å². The normalized spacial score (nSPS) is 15.2. The van der Waals surface area contributed by atoms with Gasteiger partial charge in [0.05, 0.1) is 50.9 Å². The van der Waals surface area contributed by atoms with Crippen molar-refractivity contribution in [2.45, 2.75) is 109 Å². The van der Waals surface area contributed by atoms with Crippen molar-refractivity contribution in [3.05, 3.63) is 128 Å². The zero-order valence-corrected chi connectivity index (χ0v) is 46.4. The third-order valence-electron chi connectivity index (χ3n) is 12.1. The van der Waals surface area contributed by atoms with E-state index in [0.29, 0.717) is 35.3 Å². The molecule has 0 N–H and O–H groups in total. The smallest absolute Gasteiger partial charge is 0.462 e. The molecule has 0 bridgehead atoms. The highest BCUT2D eigenvalue weighted by Gasteiger charge is 2.51. The molecule has 5 aromatic rings. The van der Waals surface area contributed by atoms with Crippen molar-refractivity contribution in [2.24, 2.45) is 0 Å². The van der Waals surface area contributed by atoms with E-state index in [1.165, 1.54) is 41.4 Å². The number of fused-ring (bicyclic) bond motifs is 2. The lowest BCUT2D eigenvalue weighted by Gasteiger charge is -2.32. The molecule has 0 unspecified atom stereocenters. The summed E-state index contributed by atoms with van der Waals surface area (Å²) in [6.45, 7) is 21.3. The van der Waals surface area contributed by atoms with E-state index in [2.05, 4.69) is 15.9 Å². The molecule has 1 aliphatic heterocycles. The van der Waals surface area contributed by atoms with Crippen molar-refractivity contribution in [1.29, 1.82) is 0 Å². The zero-order chi connectivity index (χ0) is 53.2. The van der Waals surface area contributed by atoms with Gasteiger partial charge in [-0.1, -0.05) is 35.9 Å². The summed E-state index contributed by atoms with van der Waals surface area (Å²) in [5.41, 5.74) is 6.59. The molecule has 0 radical (unpaired) electrons. The van der Waals surface area contributed by atoms with E-state index in [0.717, 1.165) is 49.8 Å². The van der Waals surface area contributed by atoms with Crippen LogP contribution in [0.1, 0.15) is 112 Å². The first-order valence-corrected chi connectivity index (χ1v) is 26.7. The lowest BCUT2D eigenvalue weighted by Crippen LogP contribution is -2.41. The molecule has 382 valence electrons. The highest BCUT2D eigenvalue weighted by Crippen LogP contribution is 2.39. The van der Waals surface area contributed by atoms with Gasteiger partial charge in [-0.3, -0.25) is 0 Å². The van der Waals surface area contributed by atoms with Crippen molar-refractivity contribution < 1.29 is 54.7 Å². The number of esters is 2. The monoisotopic (exact) mass is 1080 g/mol. The molecule has 71 heavy (non-hydrogen) atoms. The van der Waals surface area contributed by atoms with Crippen LogP contribution in [0.4, 0.5) is 4.79 Å². The van der Waals surface area contributed by atoms with Gasteiger partial charge in [-0.15, -0.1) is 0 Å². The van der Waals surface area contributed by atoms with E-state index >= 15 is 0 Å². The van der Waals surface area contributed by atoms with Gasteiger partial charge in [0.25, 0.3) is 0 Å². The summed E-state index contributed by atoms with van der Waals surface area (Å²) in [6, 6.07) is 24.3. The summed E-state index contributed by atoms with van der Waals surface area (Å²) in [5.74, 6) is -0.739. The Hall–Kier alpha value is -5.15. The summed E-state index contributed by atoms with van der Waals surface area (Å²) >= 11 is 3.49. The minimum Gasteiger partial charge on any atom is -0.462 e. The molecular formula is C52H65BBrN3O12S2. The molecule has 2 heterocycles. The van der Waals surface area contributed by atoms with Gasteiger partial charge >= 0.3 is 25.2 Å². The average Bonchev–Trinajstić information content (AvgIpc) is 3.84. The molecule has 1 aliphatic carbocycles. The molecule has 7 rings (SSSR count). The highest BCUT2D eigenvalue weighted by atomic mass is 79.9. The van der Waals surface area contributed by atoms with Crippen LogP contribution in [-0.2, 0) is 50.0 Å². The first kappa shape index (κ1) is 56.8. The maximum atomic E-state index is 12.5. The standard InChI is InChI=1S/C21H23NO4S.C17H20BrNO4.C14H22BNO4S/c1-5-26-21(23)17-10-9-15-11-14(2)20(19(15)13-17)16-7-6-8-18(12-16)27(24,25)22(3)4;1-6-22-15(20)11-7-8-13-12(9-11)14(18)10(2)19(13)16(21)23-17(3,4)5;1-13(2)14(3,4)20-15(19-13)11-8-7-9-12(10-11)21(17,18)16(5)6/h6-10,12-13H,5,11H2,1-4H3;7-9H,6H2,1-5H3;7-10H,1-6H3. The van der Waals surface area contributed by atoms with Crippen molar-refractivity contribution in [1.82, 2.24) is 13.2 Å². The second-order valence-corrected chi connectivity index (χ2v) is 24.5. The highest BCUT2D eigenvalue weighted by molar-refractivity contribution is 9.10. The number of aromatic nitrogens is 1. The van der Waals surface area contributed by atoms with Crippen LogP contribution in [0.25, 0.3) is 16.5 Å². The topological polar surface area (TPSA) is 177 Å². The van der Waals surface area contributed by atoms with E-state index in [4.69, 9.17) is 23.5 Å². The largest absolute Gasteiger partial charge is 0.494 e. The first-order chi connectivity index (χ1) is 32.9. The molecule has 2 aliphatic rings. The number of nitrogens with zero attached hydrogens (tertiary/aromatic N) is 3. The average molecular weight is 1080 g/mol. The number of hydrogen-bond acceptors (Lipinski definition) is 12. The van der Waals surface area contributed by atoms with Crippen molar-refractivity contribution in [3.8, 4) is 0 Å². The quantitative estimate of drug-likeness (QED) is 0.0737. The van der Waals surface area contributed by atoms with Gasteiger partial charge in [0, 0.05) is 43.7 Å². The van der Waals surface area contributed by atoms with Gasteiger partial charge in [0.15, 0.2) is 0 Å². The van der Waals surface area contributed by atoms with Gasteiger partial charge in [-0.25, -0.2) is 44.4 Å². The number of benzene rings is 4. The lowest BCUT2D eigenvalue weighted by molar-refractivity contribution is 0.00578. The fourth-order valence-corrected chi connectivity index (χ4v) is 10.0. The minimum absolute atomic E-state index is 0.236. The van der Waals surface area contributed by atoms with E-state index in [1.54, 1.807) is 74.5 Å². The molecule has 0 saturated carbocycles. The molecule has 19 heteroatoms. The van der Waals surface area contributed by atoms with Crippen LogP contribution in [0.15, 0.2) is 105 Å². The minimum atomic E-state index is -3.52. The predicted molar refractivity (Wildman–Crippen MR) is 280 cm³/mol. The lowest BCUT2D eigenvalue weighted by atomic mass is 9.79. The van der Waals surface area contributed by atoms with Gasteiger partial charge < -0.3 is 23.5 Å². The van der Waals surface area contributed by atoms with Crippen LogP contribution in [-0.4, -0.2) is 113 Å². The fraction of sp³-hybridized carbons (Fsp3) is 0.404. The number of rotatable bonds is 10. The molecule has 4 aromatic carbocycles. The van der Waals surface area contributed by atoms with Crippen LogP contribution in [0, 0.1) is 6.92 Å². The van der Waals surface area contributed by atoms with Gasteiger partial charge in [0.1, 0.15) is 5.60 Å². The van der Waals surface area contributed by atoms with Gasteiger partial charge in [-0.05, 0) is 181 Å². The van der Waals surface area contributed by atoms with Gasteiger partial charge in [0.2, 0.25) is 20.0 Å². The summed E-state index contributed by atoms with van der Waals surface area (Å²) in [6.07, 6.45) is 0.327. The summed E-state index contributed by atoms with van der Waals surface area (Å²) in [7, 11) is -1.49. The van der Waals surface area contributed by atoms with Crippen molar-refractivity contribution >= 4 is 83.1 Å². The molecule has 15 nitrogen and oxygen atoms in total. The molecule has 1 aromatic heterocycles. The number of ether oxygens (including phenoxy) is 3. The second-order valence-electron chi connectivity index (χ2n) is 19.4. The van der Waals surface area contributed by atoms with Crippen LogP contribution in [0.3, 0.4) is 0 Å². The van der Waals surface area contributed by atoms with Crippen molar-refractivity contribution in [2.75, 3.05) is 41.4 Å². The van der Waals surface area contributed by atoms with E-state index in [-0.39, 0.29) is 21.7 Å². The predicted octanol–water partition coefficient (Wildman–Crippen LogP) is 9.40. The van der Waals surface area contributed by atoms with Crippen LogP contribution < -0.4 is 5.46 Å². The Balaban J connectivity index is 0.000000200. The maximum absolute atomic E-state index is 12.5. The number of carbonyl (C=O) groups excluding carboxylic acids is 3. The number of carbonyl (C=O) groups is 3.